The maximum Gasteiger partial charge on any atom is 0.0997 e. The summed E-state index contributed by atoms with van der Waals surface area (Å²) >= 11 is 0. The molecule has 0 saturated carbocycles. The highest BCUT2D eigenvalue weighted by molar-refractivity contribution is 8.93. The molecule has 0 aromatic heterocycles. The van der Waals surface area contributed by atoms with E-state index in [9.17, 15) is 0 Å². The van der Waals surface area contributed by atoms with E-state index in [0.717, 1.165) is 11.1 Å². The Balaban J connectivity index is 0.00000144. The Labute approximate surface area is 128 Å². The molecule has 0 unspecified atom stereocenters. The summed E-state index contributed by atoms with van der Waals surface area (Å²) in [4.78, 5) is 0. The molecular weight excluding hydrogens is 354 g/mol. The summed E-state index contributed by atoms with van der Waals surface area (Å²) in [5.41, 5.74) is 2.79. The minimum atomic E-state index is 0. The highest BCUT2D eigenvalue weighted by Crippen LogP contribution is 2.12. The van der Waals surface area contributed by atoms with Crippen molar-refractivity contribution in [3.63, 3.8) is 0 Å². The Morgan fingerprint density at radius 3 is 2.06 bits per heavy atom. The van der Waals surface area contributed by atoms with Crippen molar-refractivity contribution in [2.75, 3.05) is 0 Å². The first-order valence-electron chi connectivity index (χ1n) is 5.12. The van der Waals surface area contributed by atoms with Crippen molar-refractivity contribution >= 4 is 46.1 Å². The van der Waals surface area contributed by atoms with Gasteiger partial charge < -0.3 is 0 Å². The zero-order valence-corrected chi connectivity index (χ0v) is 13.0. The van der Waals surface area contributed by atoms with Gasteiger partial charge in [0.1, 0.15) is 0 Å². The van der Waals surface area contributed by atoms with Crippen LogP contribution in [0.25, 0.3) is 12.2 Å². The lowest BCUT2D eigenvalue weighted by molar-refractivity contribution is 1.47. The summed E-state index contributed by atoms with van der Waals surface area (Å²) < 4.78 is 0. The molecule has 0 spiro atoms. The van der Waals surface area contributed by atoms with E-state index in [2.05, 4.69) is 6.07 Å². The molecule has 0 aliphatic heterocycles. The summed E-state index contributed by atoms with van der Waals surface area (Å²) in [5, 5.41) is 8.93. The third-order valence-electron chi connectivity index (χ3n) is 2.34. The summed E-state index contributed by atoms with van der Waals surface area (Å²) in [6.07, 6.45) is 3.98. The topological polar surface area (TPSA) is 23.8 Å². The average molecular weight is 367 g/mol. The van der Waals surface area contributed by atoms with Gasteiger partial charge in [-0.1, -0.05) is 60.7 Å². The molecule has 92 valence electrons. The molecule has 0 atom stereocenters. The Morgan fingerprint density at radius 2 is 1.39 bits per heavy atom. The number of hydrogen-bond donors (Lipinski definition) is 0. The van der Waals surface area contributed by atoms with E-state index in [1.54, 1.807) is 0 Å². The third-order valence-corrected chi connectivity index (χ3v) is 2.34. The predicted molar refractivity (Wildman–Crippen MR) is 87.2 cm³/mol. The van der Waals surface area contributed by atoms with Gasteiger partial charge in [0.25, 0.3) is 0 Å². The van der Waals surface area contributed by atoms with Crippen molar-refractivity contribution in [1.82, 2.24) is 0 Å². The maximum absolute atomic E-state index is 8.93. The van der Waals surface area contributed by atoms with Gasteiger partial charge >= 0.3 is 0 Å². The molecule has 0 radical (unpaired) electrons. The lowest BCUT2D eigenvalue weighted by Crippen LogP contribution is -1.79. The molecule has 0 bridgehead atoms. The Hall–Kier alpha value is -1.37. The number of nitriles is 1. The van der Waals surface area contributed by atoms with E-state index >= 15 is 0 Å². The van der Waals surface area contributed by atoms with Gasteiger partial charge in [-0.15, -0.1) is 34.0 Å². The van der Waals surface area contributed by atoms with Crippen molar-refractivity contribution in [2.45, 2.75) is 0 Å². The van der Waals surface area contributed by atoms with Crippen LogP contribution in [0.4, 0.5) is 0 Å². The van der Waals surface area contributed by atoms with Crippen LogP contribution in [0.3, 0.4) is 0 Å². The lowest BCUT2D eigenvalue weighted by Gasteiger charge is -1.96. The van der Waals surface area contributed by atoms with Gasteiger partial charge in [-0.3, -0.25) is 0 Å². The molecule has 3 heteroatoms. The minimum absolute atomic E-state index is 0. The summed E-state index contributed by atoms with van der Waals surface area (Å²) in [6.45, 7) is 0. The Morgan fingerprint density at radius 1 is 0.778 bits per heavy atom. The van der Waals surface area contributed by atoms with E-state index in [0.29, 0.717) is 5.56 Å². The van der Waals surface area contributed by atoms with Gasteiger partial charge in [-0.25, -0.2) is 0 Å². The van der Waals surface area contributed by atoms with Crippen LogP contribution in [0.5, 0.6) is 0 Å². The van der Waals surface area contributed by atoms with Gasteiger partial charge in [0.2, 0.25) is 0 Å². The Kier molecular flexibility index (Phi) is 8.02. The third kappa shape index (κ3) is 4.48. The molecule has 2 aromatic carbocycles. The molecule has 0 N–H and O–H groups in total. The summed E-state index contributed by atoms with van der Waals surface area (Å²) in [5.74, 6) is 0. The average Bonchev–Trinajstić information content (AvgIpc) is 2.38. The second-order valence-corrected chi connectivity index (χ2v) is 3.44. The first-order valence-corrected chi connectivity index (χ1v) is 5.12. The van der Waals surface area contributed by atoms with Crippen LogP contribution in [0.1, 0.15) is 16.7 Å². The molecule has 0 amide bonds. The molecule has 0 fully saturated rings. The highest BCUT2D eigenvalue weighted by Gasteiger charge is 1.95. The van der Waals surface area contributed by atoms with E-state index in [4.69, 9.17) is 5.26 Å². The predicted octanol–water partition coefficient (Wildman–Crippen LogP) is 4.88. The molecule has 0 aliphatic carbocycles. The first kappa shape index (κ1) is 16.6. The monoisotopic (exact) mass is 365 g/mol. The van der Waals surface area contributed by atoms with Crippen LogP contribution in [-0.4, -0.2) is 0 Å². The first-order chi connectivity index (χ1) is 7.90. The number of rotatable bonds is 2. The van der Waals surface area contributed by atoms with Crippen molar-refractivity contribution < 1.29 is 0 Å². The normalized spacial score (nSPS) is 9.06. The quantitative estimate of drug-likeness (QED) is 0.694. The Bertz CT molecular complexity index is 542. The van der Waals surface area contributed by atoms with E-state index < -0.39 is 0 Å². The molecule has 0 saturated heterocycles. The smallest absolute Gasteiger partial charge is 0.0997 e. The van der Waals surface area contributed by atoms with Crippen LogP contribution in [0.2, 0.25) is 0 Å². The van der Waals surface area contributed by atoms with Crippen molar-refractivity contribution in [3.8, 4) is 6.07 Å². The zero-order valence-electron chi connectivity index (χ0n) is 9.61. The number of benzene rings is 2. The SMILES string of the molecule is Br.Br.N#Cc1ccccc1C=Cc1ccccc1. The van der Waals surface area contributed by atoms with Crippen molar-refractivity contribution in [2.24, 2.45) is 0 Å². The summed E-state index contributed by atoms with van der Waals surface area (Å²) in [7, 11) is 0. The molecule has 2 rings (SSSR count). The standard InChI is InChI=1S/C15H11N.2BrH/c16-12-15-9-5-4-8-14(15)11-10-13-6-2-1-3-7-13;;/h1-11H;2*1H. The zero-order chi connectivity index (χ0) is 11.2. The van der Waals surface area contributed by atoms with Gasteiger partial charge in [0, 0.05) is 0 Å². The second-order valence-electron chi connectivity index (χ2n) is 3.44. The highest BCUT2D eigenvalue weighted by atomic mass is 79.9. The molecular formula is C15H13Br2N. The molecule has 18 heavy (non-hydrogen) atoms. The fraction of sp³-hybridized carbons (Fsp3) is 0. The molecule has 0 aliphatic rings. The van der Waals surface area contributed by atoms with Gasteiger partial charge in [-0.2, -0.15) is 5.26 Å². The maximum atomic E-state index is 8.93. The number of hydrogen-bond acceptors (Lipinski definition) is 1. The van der Waals surface area contributed by atoms with Crippen LogP contribution >= 0.6 is 34.0 Å². The van der Waals surface area contributed by atoms with Crippen LogP contribution in [-0.2, 0) is 0 Å². The number of nitrogens with zero attached hydrogens (tertiary/aromatic N) is 1. The minimum Gasteiger partial charge on any atom is -0.192 e. The van der Waals surface area contributed by atoms with E-state index in [1.165, 1.54) is 0 Å². The van der Waals surface area contributed by atoms with E-state index in [-0.39, 0.29) is 34.0 Å². The largest absolute Gasteiger partial charge is 0.192 e. The van der Waals surface area contributed by atoms with E-state index in [1.807, 2.05) is 66.7 Å². The lowest BCUT2D eigenvalue weighted by atomic mass is 10.1. The number of halogens is 2. The molecule has 1 nitrogen and oxygen atoms in total. The second kappa shape index (κ2) is 8.68. The van der Waals surface area contributed by atoms with Crippen LogP contribution in [0.15, 0.2) is 54.6 Å². The fourth-order valence-electron chi connectivity index (χ4n) is 1.49. The fourth-order valence-corrected chi connectivity index (χ4v) is 1.49. The van der Waals surface area contributed by atoms with Gasteiger partial charge in [0.05, 0.1) is 11.6 Å². The molecule has 0 heterocycles. The van der Waals surface area contributed by atoms with Crippen molar-refractivity contribution in [1.29, 1.82) is 5.26 Å². The molecule has 2 aromatic rings. The van der Waals surface area contributed by atoms with Gasteiger partial charge in [-0.05, 0) is 17.2 Å². The van der Waals surface area contributed by atoms with Crippen LogP contribution in [0, 0.1) is 11.3 Å². The van der Waals surface area contributed by atoms with Crippen molar-refractivity contribution in [3.05, 3.63) is 71.3 Å². The summed E-state index contributed by atoms with van der Waals surface area (Å²) in [6, 6.07) is 19.8. The van der Waals surface area contributed by atoms with Gasteiger partial charge in [0.15, 0.2) is 0 Å². The van der Waals surface area contributed by atoms with Crippen LogP contribution < -0.4 is 0 Å².